The van der Waals surface area contributed by atoms with E-state index in [1.54, 1.807) is 6.11 Å². The molecule has 0 bridgehead atoms. The van der Waals surface area contributed by atoms with Crippen LogP contribution < -0.4 is 5.32 Å². The molecule has 3 nitrogen and oxygen atoms in total. The third-order valence-corrected chi connectivity index (χ3v) is 0.326. The molecular weight excluding hydrogens is 106 g/mol. The second kappa shape index (κ2) is 3.58. The molecule has 0 spiro atoms. The van der Waals surface area contributed by atoms with Gasteiger partial charge in [0, 0.05) is 6.04 Å². The molecule has 3 heteroatoms. The van der Waals surface area contributed by atoms with E-state index in [1.807, 2.05) is 11.4 Å². The van der Waals surface area contributed by atoms with Crippen molar-refractivity contribution in [2.45, 2.75) is 0 Å². The SMILES string of the molecule is C#CNC(=O)OC#C. The Labute approximate surface area is 47.0 Å². The Balaban J connectivity index is 3.41. The molecule has 0 saturated carbocycles. The molecule has 0 aromatic rings. The number of hydrogen-bond acceptors (Lipinski definition) is 2. The van der Waals surface area contributed by atoms with Crippen molar-refractivity contribution < 1.29 is 9.53 Å². The van der Waals surface area contributed by atoms with Crippen LogP contribution in [0, 0.1) is 25.0 Å². The molecule has 0 aliphatic rings. The maximum absolute atomic E-state index is 10.0. The molecule has 1 amide bonds. The van der Waals surface area contributed by atoms with E-state index >= 15 is 0 Å². The van der Waals surface area contributed by atoms with Crippen LogP contribution in [0.2, 0.25) is 0 Å². The number of ether oxygens (including phenoxy) is 1. The van der Waals surface area contributed by atoms with Crippen molar-refractivity contribution in [2.75, 3.05) is 0 Å². The second-order valence-electron chi connectivity index (χ2n) is 0.777. The second-order valence-corrected chi connectivity index (χ2v) is 0.777. The Morgan fingerprint density at radius 2 is 2.25 bits per heavy atom. The lowest BCUT2D eigenvalue weighted by atomic mass is 11.0. The summed E-state index contributed by atoms with van der Waals surface area (Å²) < 4.78 is 3.92. The first kappa shape index (κ1) is 6.39. The van der Waals surface area contributed by atoms with E-state index < -0.39 is 6.09 Å². The Bertz CT molecular complexity index is 142. The van der Waals surface area contributed by atoms with Gasteiger partial charge in [-0.2, -0.15) is 0 Å². The lowest BCUT2D eigenvalue weighted by Crippen LogP contribution is -2.15. The van der Waals surface area contributed by atoms with Gasteiger partial charge in [-0.15, -0.1) is 0 Å². The highest BCUT2D eigenvalue weighted by Crippen LogP contribution is 1.68. The molecule has 0 aliphatic heterocycles. The van der Waals surface area contributed by atoms with Crippen molar-refractivity contribution in [3.63, 3.8) is 0 Å². The number of rotatable bonds is 0. The minimum atomic E-state index is -0.810. The topological polar surface area (TPSA) is 38.3 Å². The molecule has 0 fully saturated rings. The highest BCUT2D eigenvalue weighted by molar-refractivity contribution is 5.70. The zero-order valence-electron chi connectivity index (χ0n) is 3.97. The number of carbonyl (C=O) groups excluding carboxylic acids is 1. The van der Waals surface area contributed by atoms with Crippen LogP contribution >= 0.6 is 0 Å². The van der Waals surface area contributed by atoms with E-state index in [1.165, 1.54) is 0 Å². The maximum Gasteiger partial charge on any atom is 0.432 e. The van der Waals surface area contributed by atoms with Gasteiger partial charge in [0.2, 0.25) is 0 Å². The molecule has 0 atom stereocenters. The van der Waals surface area contributed by atoms with Crippen LogP contribution in [0.4, 0.5) is 4.79 Å². The van der Waals surface area contributed by atoms with Crippen molar-refractivity contribution in [1.82, 2.24) is 5.32 Å². The molecule has 0 aromatic carbocycles. The third kappa shape index (κ3) is 2.62. The van der Waals surface area contributed by atoms with E-state index in [0.29, 0.717) is 0 Å². The fourth-order valence-corrected chi connectivity index (χ4v) is 0.138. The first-order chi connectivity index (χ1) is 3.81. The quantitative estimate of drug-likeness (QED) is 0.348. The normalized spacial score (nSPS) is 5.75. The average molecular weight is 109 g/mol. The maximum atomic E-state index is 10.0. The molecule has 8 heavy (non-hydrogen) atoms. The van der Waals surface area contributed by atoms with E-state index in [9.17, 15) is 4.79 Å². The largest absolute Gasteiger partial charge is 0.432 e. The number of amides is 1. The highest BCUT2D eigenvalue weighted by atomic mass is 16.5. The summed E-state index contributed by atoms with van der Waals surface area (Å²) in [5.74, 6) is 0. The summed E-state index contributed by atoms with van der Waals surface area (Å²) in [5, 5.41) is 1.87. The average Bonchev–Trinajstić information content (AvgIpc) is 1.68. The summed E-state index contributed by atoms with van der Waals surface area (Å²) in [4.78, 5) is 10.0. The van der Waals surface area contributed by atoms with Gasteiger partial charge in [-0.05, 0) is 0 Å². The number of nitrogens with one attached hydrogen (secondary N) is 1. The van der Waals surface area contributed by atoms with Gasteiger partial charge in [-0.25, -0.2) is 10.1 Å². The van der Waals surface area contributed by atoms with Gasteiger partial charge in [0.1, 0.15) is 6.11 Å². The minimum absolute atomic E-state index is 0.810. The molecule has 1 N–H and O–H groups in total. The number of terminal acetylenes is 2. The van der Waals surface area contributed by atoms with E-state index in [2.05, 4.69) is 17.6 Å². The van der Waals surface area contributed by atoms with Crippen LogP contribution in [0.5, 0.6) is 0 Å². The number of alkyl carbamates (subject to hydrolysis) is 1. The molecule has 40 valence electrons. The fourth-order valence-electron chi connectivity index (χ4n) is 0.138. The van der Waals surface area contributed by atoms with Crippen molar-refractivity contribution in [2.24, 2.45) is 0 Å². The monoisotopic (exact) mass is 109 g/mol. The smallest absolute Gasteiger partial charge is 0.355 e. The molecule has 0 heterocycles. The lowest BCUT2D eigenvalue weighted by Gasteiger charge is -1.87. The van der Waals surface area contributed by atoms with E-state index in [4.69, 9.17) is 0 Å². The van der Waals surface area contributed by atoms with Gasteiger partial charge in [0.25, 0.3) is 0 Å². The van der Waals surface area contributed by atoms with Gasteiger partial charge in [-0.1, -0.05) is 12.8 Å². The standard InChI is InChI=1S/C5H3NO2/c1-3-6-5(7)8-4-2/h1-2H,(H,6,7). The number of carbonyl (C=O) groups is 1. The molecular formula is C5H3NO2. The van der Waals surface area contributed by atoms with Crippen LogP contribution in [-0.2, 0) is 4.74 Å². The van der Waals surface area contributed by atoms with Crippen LogP contribution in [0.3, 0.4) is 0 Å². The predicted octanol–water partition coefficient (Wildman–Crippen LogP) is -0.106. The highest BCUT2D eigenvalue weighted by Gasteiger charge is 1.91. The van der Waals surface area contributed by atoms with Crippen molar-refractivity contribution in [3.05, 3.63) is 0 Å². The van der Waals surface area contributed by atoms with Crippen LogP contribution in [0.1, 0.15) is 0 Å². The summed E-state index contributed by atoms with van der Waals surface area (Å²) in [6, 6.07) is 1.83. The Morgan fingerprint density at radius 1 is 1.62 bits per heavy atom. The summed E-state index contributed by atoms with van der Waals surface area (Å²) in [5.41, 5.74) is 0. The molecule has 0 aromatic heterocycles. The Morgan fingerprint density at radius 3 is 2.62 bits per heavy atom. The van der Waals surface area contributed by atoms with Gasteiger partial charge in [-0.3, -0.25) is 0 Å². The molecule has 0 rings (SSSR count). The van der Waals surface area contributed by atoms with E-state index in [0.717, 1.165) is 0 Å². The zero-order valence-corrected chi connectivity index (χ0v) is 3.97. The fraction of sp³-hybridized carbons (Fsp3) is 0. The van der Waals surface area contributed by atoms with Crippen LogP contribution in [-0.4, -0.2) is 6.09 Å². The van der Waals surface area contributed by atoms with Crippen molar-refractivity contribution >= 4 is 6.09 Å². The Kier molecular flexibility index (Phi) is 2.86. The molecule has 0 saturated heterocycles. The van der Waals surface area contributed by atoms with Crippen LogP contribution in [0.15, 0.2) is 0 Å². The van der Waals surface area contributed by atoms with Crippen molar-refractivity contribution in [3.8, 4) is 25.0 Å². The zero-order chi connectivity index (χ0) is 6.41. The number of hydrogen-bond donors (Lipinski definition) is 1. The molecule has 0 radical (unpaired) electrons. The summed E-state index contributed by atoms with van der Waals surface area (Å²) in [6.45, 7) is 0. The summed E-state index contributed by atoms with van der Waals surface area (Å²) in [6.07, 6.45) is 10.0. The van der Waals surface area contributed by atoms with E-state index in [-0.39, 0.29) is 0 Å². The van der Waals surface area contributed by atoms with Gasteiger partial charge >= 0.3 is 6.09 Å². The van der Waals surface area contributed by atoms with Gasteiger partial charge in [0.05, 0.1) is 0 Å². The molecule has 0 aliphatic carbocycles. The lowest BCUT2D eigenvalue weighted by molar-refractivity contribution is 0.197. The minimum Gasteiger partial charge on any atom is -0.355 e. The molecule has 0 unspecified atom stereocenters. The summed E-state index contributed by atoms with van der Waals surface area (Å²) >= 11 is 0. The first-order valence-corrected chi connectivity index (χ1v) is 1.69. The summed E-state index contributed by atoms with van der Waals surface area (Å²) in [7, 11) is 0. The van der Waals surface area contributed by atoms with Crippen LogP contribution in [0.25, 0.3) is 0 Å². The van der Waals surface area contributed by atoms with Gasteiger partial charge in [0.15, 0.2) is 0 Å². The predicted molar refractivity (Wildman–Crippen MR) is 27.3 cm³/mol. The van der Waals surface area contributed by atoms with Gasteiger partial charge < -0.3 is 4.74 Å². The first-order valence-electron chi connectivity index (χ1n) is 1.69. The van der Waals surface area contributed by atoms with Crippen molar-refractivity contribution in [1.29, 1.82) is 0 Å². The third-order valence-electron chi connectivity index (χ3n) is 0.326. The Hall–Kier alpha value is -1.61.